The number of ether oxygens (including phenoxy) is 1. The summed E-state index contributed by atoms with van der Waals surface area (Å²) in [5, 5.41) is 18.2. The molecule has 2 rings (SSSR count). The second-order valence-corrected chi connectivity index (χ2v) is 4.67. The van der Waals surface area contributed by atoms with E-state index in [1.54, 1.807) is 0 Å². The topological polar surface area (TPSA) is 49.7 Å². The van der Waals surface area contributed by atoms with Crippen molar-refractivity contribution < 1.29 is 14.9 Å². The molecule has 0 radical (unpaired) electrons. The van der Waals surface area contributed by atoms with Crippen molar-refractivity contribution in [1.29, 1.82) is 0 Å². The molecule has 0 aliphatic heterocycles. The van der Waals surface area contributed by atoms with E-state index in [2.05, 4.69) is 13.0 Å². The molecule has 17 heavy (non-hydrogen) atoms. The molecule has 0 heterocycles. The van der Waals surface area contributed by atoms with Crippen LogP contribution in [0.5, 0.6) is 5.75 Å². The lowest BCUT2D eigenvalue weighted by Crippen LogP contribution is -2.19. The van der Waals surface area contributed by atoms with Crippen LogP contribution in [-0.2, 0) is 12.8 Å². The summed E-state index contributed by atoms with van der Waals surface area (Å²) >= 11 is 0. The molecule has 0 aromatic heterocycles. The summed E-state index contributed by atoms with van der Waals surface area (Å²) in [5.41, 5.74) is 4.06. The number of benzene rings is 1. The van der Waals surface area contributed by atoms with Crippen LogP contribution >= 0.6 is 0 Å². The zero-order chi connectivity index (χ0) is 12.3. The summed E-state index contributed by atoms with van der Waals surface area (Å²) in [5.74, 6) is 0.903. The molecule has 2 N–H and O–H groups in total. The Hall–Kier alpha value is -1.06. The van der Waals surface area contributed by atoms with Gasteiger partial charge in [-0.25, -0.2) is 0 Å². The average Bonchev–Trinajstić information content (AvgIpc) is 2.78. The molecule has 0 unspecified atom stereocenters. The summed E-state index contributed by atoms with van der Waals surface area (Å²) in [6.45, 7) is 2.39. The highest BCUT2D eigenvalue weighted by molar-refractivity contribution is 5.47. The van der Waals surface area contributed by atoms with Crippen molar-refractivity contribution in [2.45, 2.75) is 38.7 Å². The summed E-state index contributed by atoms with van der Waals surface area (Å²) in [7, 11) is 0. The number of hydrogen-bond donors (Lipinski definition) is 2. The van der Waals surface area contributed by atoms with E-state index in [0.29, 0.717) is 6.42 Å². The molecule has 1 aliphatic rings. The number of hydrogen-bond acceptors (Lipinski definition) is 3. The molecule has 1 aromatic carbocycles. The van der Waals surface area contributed by atoms with Crippen molar-refractivity contribution in [3.63, 3.8) is 0 Å². The molecule has 3 nitrogen and oxygen atoms in total. The number of aliphatic hydroxyl groups is 2. The van der Waals surface area contributed by atoms with Gasteiger partial charge in [0.05, 0.1) is 6.10 Å². The molecule has 94 valence electrons. The lowest BCUT2D eigenvalue weighted by molar-refractivity contribution is 0.0818. The Bertz CT molecular complexity index is 387. The Balaban J connectivity index is 2.05. The quantitative estimate of drug-likeness (QED) is 0.816. The molecular weight excluding hydrogens is 216 g/mol. The standard InChI is InChI=1S/C14H20O3/c1-10-5-6-14(13-4-2-3-12(10)13)17-9-11(16)7-8-15/h5-6,11,15-16H,2-4,7-9H2,1H3/t11-/m0/s1. The van der Waals surface area contributed by atoms with Gasteiger partial charge in [0.2, 0.25) is 0 Å². The average molecular weight is 236 g/mol. The highest BCUT2D eigenvalue weighted by Crippen LogP contribution is 2.33. The third-order valence-corrected chi connectivity index (χ3v) is 3.37. The van der Waals surface area contributed by atoms with E-state index in [0.717, 1.165) is 18.6 Å². The Morgan fingerprint density at radius 3 is 2.82 bits per heavy atom. The third kappa shape index (κ3) is 2.79. The van der Waals surface area contributed by atoms with Crippen LogP contribution in [-0.4, -0.2) is 29.5 Å². The van der Waals surface area contributed by atoms with Gasteiger partial charge in [0, 0.05) is 6.61 Å². The van der Waals surface area contributed by atoms with E-state index in [-0.39, 0.29) is 13.2 Å². The molecule has 1 aromatic rings. The van der Waals surface area contributed by atoms with Gasteiger partial charge in [0.1, 0.15) is 12.4 Å². The third-order valence-electron chi connectivity index (χ3n) is 3.37. The minimum Gasteiger partial charge on any atom is -0.491 e. The lowest BCUT2D eigenvalue weighted by atomic mass is 10.0. The second-order valence-electron chi connectivity index (χ2n) is 4.67. The number of fused-ring (bicyclic) bond motifs is 1. The predicted octanol–water partition coefficient (Wildman–Crippen LogP) is 1.61. The smallest absolute Gasteiger partial charge is 0.122 e. The maximum atomic E-state index is 9.53. The van der Waals surface area contributed by atoms with Crippen molar-refractivity contribution in [2.75, 3.05) is 13.2 Å². The van der Waals surface area contributed by atoms with Gasteiger partial charge < -0.3 is 14.9 Å². The molecule has 3 heteroatoms. The van der Waals surface area contributed by atoms with Gasteiger partial charge in [-0.3, -0.25) is 0 Å². The lowest BCUT2D eigenvalue weighted by Gasteiger charge is -2.15. The van der Waals surface area contributed by atoms with Crippen LogP contribution < -0.4 is 4.74 Å². The van der Waals surface area contributed by atoms with Crippen molar-refractivity contribution in [3.8, 4) is 5.75 Å². The number of aryl methyl sites for hydroxylation is 1. The molecule has 1 atom stereocenters. The summed E-state index contributed by atoms with van der Waals surface area (Å²) < 4.78 is 5.66. The molecule has 0 saturated carbocycles. The fourth-order valence-electron chi connectivity index (χ4n) is 2.41. The van der Waals surface area contributed by atoms with Crippen molar-refractivity contribution in [3.05, 3.63) is 28.8 Å². The first-order valence-corrected chi connectivity index (χ1v) is 6.25. The molecule has 0 bridgehead atoms. The van der Waals surface area contributed by atoms with Gasteiger partial charge >= 0.3 is 0 Å². The van der Waals surface area contributed by atoms with Gasteiger partial charge in [0.25, 0.3) is 0 Å². The van der Waals surface area contributed by atoms with E-state index in [4.69, 9.17) is 9.84 Å². The fourth-order valence-corrected chi connectivity index (χ4v) is 2.41. The minimum atomic E-state index is -0.585. The van der Waals surface area contributed by atoms with Crippen molar-refractivity contribution in [1.82, 2.24) is 0 Å². The van der Waals surface area contributed by atoms with E-state index < -0.39 is 6.10 Å². The van der Waals surface area contributed by atoms with Gasteiger partial charge in [-0.2, -0.15) is 0 Å². The van der Waals surface area contributed by atoms with Gasteiger partial charge in [-0.15, -0.1) is 0 Å². The Morgan fingerprint density at radius 1 is 1.29 bits per heavy atom. The maximum Gasteiger partial charge on any atom is 0.122 e. The van der Waals surface area contributed by atoms with Crippen LogP contribution in [0.1, 0.15) is 29.5 Å². The van der Waals surface area contributed by atoms with Crippen molar-refractivity contribution >= 4 is 0 Å². The van der Waals surface area contributed by atoms with Crippen LogP contribution in [0.3, 0.4) is 0 Å². The summed E-state index contributed by atoms with van der Waals surface area (Å²) in [6.07, 6.45) is 3.18. The minimum absolute atomic E-state index is 0.00344. The maximum absolute atomic E-state index is 9.53. The molecule has 1 aliphatic carbocycles. The van der Waals surface area contributed by atoms with Crippen molar-refractivity contribution in [2.24, 2.45) is 0 Å². The first-order valence-electron chi connectivity index (χ1n) is 6.25. The molecule has 0 fully saturated rings. The van der Waals surface area contributed by atoms with Gasteiger partial charge in [-0.1, -0.05) is 6.07 Å². The van der Waals surface area contributed by atoms with E-state index in [1.807, 2.05) is 6.07 Å². The highest BCUT2D eigenvalue weighted by atomic mass is 16.5. The molecule has 0 saturated heterocycles. The van der Waals surface area contributed by atoms with Gasteiger partial charge in [-0.05, 0) is 55.4 Å². The monoisotopic (exact) mass is 236 g/mol. The van der Waals surface area contributed by atoms with Gasteiger partial charge in [0.15, 0.2) is 0 Å². The van der Waals surface area contributed by atoms with E-state index >= 15 is 0 Å². The SMILES string of the molecule is Cc1ccc(OC[C@@H](O)CCO)c2c1CCC2. The first kappa shape index (κ1) is 12.4. The van der Waals surface area contributed by atoms with Crippen LogP contribution in [0.4, 0.5) is 0 Å². The van der Waals surface area contributed by atoms with E-state index in [1.165, 1.54) is 23.1 Å². The fraction of sp³-hybridized carbons (Fsp3) is 0.571. The molecular formula is C14H20O3. The van der Waals surface area contributed by atoms with Crippen LogP contribution in [0.15, 0.2) is 12.1 Å². The van der Waals surface area contributed by atoms with Crippen LogP contribution in [0, 0.1) is 6.92 Å². The Labute approximate surface area is 102 Å². The first-order chi connectivity index (χ1) is 8.22. The molecule has 0 amide bonds. The Morgan fingerprint density at radius 2 is 2.06 bits per heavy atom. The predicted molar refractivity (Wildman–Crippen MR) is 66.4 cm³/mol. The van der Waals surface area contributed by atoms with E-state index in [9.17, 15) is 5.11 Å². The number of aliphatic hydroxyl groups excluding tert-OH is 2. The number of rotatable bonds is 5. The normalized spacial score (nSPS) is 15.7. The highest BCUT2D eigenvalue weighted by Gasteiger charge is 2.18. The summed E-state index contributed by atoms with van der Waals surface area (Å²) in [4.78, 5) is 0. The summed E-state index contributed by atoms with van der Waals surface area (Å²) in [6, 6.07) is 4.07. The largest absolute Gasteiger partial charge is 0.491 e. The van der Waals surface area contributed by atoms with Crippen LogP contribution in [0.2, 0.25) is 0 Å². The molecule has 0 spiro atoms. The zero-order valence-corrected chi connectivity index (χ0v) is 10.3. The second kappa shape index (κ2) is 5.52. The zero-order valence-electron chi connectivity index (χ0n) is 10.3. The Kier molecular flexibility index (Phi) is 4.02. The van der Waals surface area contributed by atoms with Crippen LogP contribution in [0.25, 0.3) is 0 Å².